The number of benzene rings is 1. The molecule has 140 valence electrons. The molecule has 1 atom stereocenters. The summed E-state index contributed by atoms with van der Waals surface area (Å²) in [7, 11) is -1.42. The van der Waals surface area contributed by atoms with Crippen LogP contribution in [0.5, 0.6) is 5.75 Å². The molecule has 1 aromatic heterocycles. The van der Waals surface area contributed by atoms with E-state index in [0.29, 0.717) is 5.56 Å². The summed E-state index contributed by atoms with van der Waals surface area (Å²) in [5.41, 5.74) is 5.51. The molecule has 0 unspecified atom stereocenters. The summed E-state index contributed by atoms with van der Waals surface area (Å²) in [6.07, 6.45) is -0.0465. The van der Waals surface area contributed by atoms with Crippen molar-refractivity contribution in [3.8, 4) is 5.75 Å². The van der Waals surface area contributed by atoms with Crippen molar-refractivity contribution in [2.75, 3.05) is 0 Å². The van der Waals surface area contributed by atoms with Crippen LogP contribution in [-0.2, 0) is 29.0 Å². The zero-order chi connectivity index (χ0) is 19.6. The van der Waals surface area contributed by atoms with Crippen molar-refractivity contribution in [2.45, 2.75) is 25.3 Å². The number of carbonyl (C=O) groups excluding carboxylic acids is 2. The number of hydrogen-bond acceptors (Lipinski definition) is 8. The molecule has 0 saturated heterocycles. The Morgan fingerprint density at radius 3 is 2.89 bits per heavy atom. The normalized spacial score (nSPS) is 15.6. The largest absolute Gasteiger partial charge is 0.547 e. The number of carboxylic acids is 1. The SMILES string of the molecule is NC(=O)Cn1nnc(CC(=O)N[C@H]2Cc3cccc(C(=O)O)c3OB2O)n1. The Balaban J connectivity index is 1.65. The van der Waals surface area contributed by atoms with E-state index in [2.05, 4.69) is 20.7 Å². The number of tetrazole rings is 1. The number of amides is 2. The molecule has 0 radical (unpaired) electrons. The highest BCUT2D eigenvalue weighted by atomic mass is 16.5. The first kappa shape index (κ1) is 18.3. The van der Waals surface area contributed by atoms with Crippen molar-refractivity contribution in [3.63, 3.8) is 0 Å². The minimum absolute atomic E-state index is 0.0633. The molecule has 13 heteroatoms. The van der Waals surface area contributed by atoms with E-state index in [-0.39, 0.29) is 36.5 Å². The average Bonchev–Trinajstić information content (AvgIpc) is 3.00. The lowest BCUT2D eigenvalue weighted by atomic mass is 9.72. The standard InChI is InChI=1S/C14H15BN6O6/c16-10(22)6-21-19-11(18-20-21)5-12(23)17-9-4-7-2-1-3-8(14(24)25)13(7)27-15(9)26/h1-3,9,26H,4-6H2,(H2,16,22)(H,17,23)(H,24,25)/t9-/m0/s1. The van der Waals surface area contributed by atoms with E-state index >= 15 is 0 Å². The van der Waals surface area contributed by atoms with Gasteiger partial charge in [0.1, 0.15) is 12.3 Å². The molecule has 0 bridgehead atoms. The zero-order valence-electron chi connectivity index (χ0n) is 13.9. The van der Waals surface area contributed by atoms with Gasteiger partial charge in [0.25, 0.3) is 0 Å². The zero-order valence-corrected chi connectivity index (χ0v) is 13.9. The van der Waals surface area contributed by atoms with Crippen molar-refractivity contribution < 1.29 is 29.2 Å². The number of carboxylic acid groups (broad SMARTS) is 1. The molecule has 0 aliphatic carbocycles. The molecule has 2 amide bonds. The number of hydrogen-bond donors (Lipinski definition) is 4. The van der Waals surface area contributed by atoms with Gasteiger partial charge in [0.15, 0.2) is 5.82 Å². The lowest BCUT2D eigenvalue weighted by molar-refractivity contribution is -0.121. The van der Waals surface area contributed by atoms with E-state index in [1.54, 1.807) is 12.1 Å². The molecule has 1 aliphatic heterocycles. The van der Waals surface area contributed by atoms with Gasteiger partial charge >= 0.3 is 13.1 Å². The van der Waals surface area contributed by atoms with Crippen LogP contribution in [0.2, 0.25) is 0 Å². The second-order valence-electron chi connectivity index (χ2n) is 5.86. The van der Waals surface area contributed by atoms with Gasteiger partial charge in [-0.05, 0) is 23.3 Å². The van der Waals surface area contributed by atoms with Crippen molar-refractivity contribution in [3.05, 3.63) is 35.2 Å². The third kappa shape index (κ3) is 4.20. The number of nitrogens with two attached hydrogens (primary N) is 1. The Bertz CT molecular complexity index is 902. The fourth-order valence-electron chi connectivity index (χ4n) is 2.67. The molecule has 1 aromatic carbocycles. The molecule has 0 spiro atoms. The molecule has 1 aliphatic rings. The minimum Gasteiger partial charge on any atom is -0.534 e. The fourth-order valence-corrected chi connectivity index (χ4v) is 2.67. The first-order valence-electron chi connectivity index (χ1n) is 7.87. The van der Waals surface area contributed by atoms with Crippen LogP contribution >= 0.6 is 0 Å². The number of nitrogens with zero attached hydrogens (tertiary/aromatic N) is 4. The third-order valence-corrected chi connectivity index (χ3v) is 3.81. The van der Waals surface area contributed by atoms with E-state index in [0.717, 1.165) is 4.80 Å². The van der Waals surface area contributed by atoms with Crippen molar-refractivity contribution in [1.82, 2.24) is 25.5 Å². The first-order chi connectivity index (χ1) is 12.8. The molecular weight excluding hydrogens is 359 g/mol. The number of aromatic nitrogens is 4. The second kappa shape index (κ2) is 7.41. The van der Waals surface area contributed by atoms with Crippen LogP contribution < -0.4 is 15.7 Å². The van der Waals surface area contributed by atoms with E-state index in [1.807, 2.05) is 0 Å². The summed E-state index contributed by atoms with van der Waals surface area (Å²) in [6.45, 7) is -0.257. The van der Waals surface area contributed by atoms with Gasteiger partial charge in [-0.3, -0.25) is 9.59 Å². The van der Waals surface area contributed by atoms with Gasteiger partial charge in [-0.25, -0.2) is 4.79 Å². The van der Waals surface area contributed by atoms with Crippen LogP contribution in [0, 0.1) is 0 Å². The number of rotatable bonds is 6. The average molecular weight is 374 g/mol. The number of nitrogens with one attached hydrogen (secondary N) is 1. The Hall–Kier alpha value is -3.48. The van der Waals surface area contributed by atoms with Gasteiger partial charge in [-0.2, -0.15) is 4.80 Å². The molecule has 5 N–H and O–H groups in total. The summed E-state index contributed by atoms with van der Waals surface area (Å²) >= 11 is 0. The minimum atomic E-state index is -1.42. The van der Waals surface area contributed by atoms with Gasteiger partial charge < -0.3 is 25.8 Å². The summed E-state index contributed by atoms with van der Waals surface area (Å²) in [5, 5.41) is 33.0. The van der Waals surface area contributed by atoms with Crippen LogP contribution in [0.15, 0.2) is 18.2 Å². The number of carbonyl (C=O) groups is 3. The Morgan fingerprint density at radius 1 is 1.41 bits per heavy atom. The summed E-state index contributed by atoms with van der Waals surface area (Å²) in [4.78, 5) is 35.2. The van der Waals surface area contributed by atoms with Gasteiger partial charge in [0.2, 0.25) is 11.8 Å². The highest BCUT2D eigenvalue weighted by Gasteiger charge is 2.37. The monoisotopic (exact) mass is 374 g/mol. The maximum atomic E-state index is 12.2. The Labute approximate surface area is 152 Å². The third-order valence-electron chi connectivity index (χ3n) is 3.81. The van der Waals surface area contributed by atoms with Crippen LogP contribution in [0.25, 0.3) is 0 Å². The van der Waals surface area contributed by atoms with Gasteiger partial charge in [-0.15, -0.1) is 10.2 Å². The fraction of sp³-hybridized carbons (Fsp3) is 0.286. The second-order valence-corrected chi connectivity index (χ2v) is 5.86. The van der Waals surface area contributed by atoms with Gasteiger partial charge in [0, 0.05) is 0 Å². The molecule has 3 rings (SSSR count). The molecule has 0 saturated carbocycles. The predicted octanol–water partition coefficient (Wildman–Crippen LogP) is -2.46. The van der Waals surface area contributed by atoms with Crippen molar-refractivity contribution in [1.29, 1.82) is 0 Å². The van der Waals surface area contributed by atoms with Crippen LogP contribution in [0.1, 0.15) is 21.7 Å². The van der Waals surface area contributed by atoms with Crippen molar-refractivity contribution >= 4 is 24.9 Å². The van der Waals surface area contributed by atoms with E-state index in [4.69, 9.17) is 10.4 Å². The smallest absolute Gasteiger partial charge is 0.534 e. The van der Waals surface area contributed by atoms with Crippen LogP contribution in [-0.4, -0.2) is 61.2 Å². The quantitative estimate of drug-likeness (QED) is 0.398. The van der Waals surface area contributed by atoms with Crippen LogP contribution in [0.4, 0.5) is 0 Å². The molecule has 12 nitrogen and oxygen atoms in total. The maximum absolute atomic E-state index is 12.2. The first-order valence-corrected chi connectivity index (χ1v) is 7.87. The lowest BCUT2D eigenvalue weighted by Gasteiger charge is -2.28. The maximum Gasteiger partial charge on any atom is 0.547 e. The summed E-state index contributed by atoms with van der Waals surface area (Å²) in [5.74, 6) is -2.95. The summed E-state index contributed by atoms with van der Waals surface area (Å²) in [6, 6.07) is 4.58. The summed E-state index contributed by atoms with van der Waals surface area (Å²) < 4.78 is 5.30. The number of fused-ring (bicyclic) bond motifs is 1. The molecular formula is C14H15BN6O6. The van der Waals surface area contributed by atoms with Crippen LogP contribution in [0.3, 0.4) is 0 Å². The molecule has 0 fully saturated rings. The number of primary amides is 1. The van der Waals surface area contributed by atoms with E-state index in [9.17, 15) is 24.5 Å². The Morgan fingerprint density at radius 2 is 2.19 bits per heavy atom. The topological polar surface area (TPSA) is 183 Å². The van der Waals surface area contributed by atoms with Gasteiger partial charge in [0.05, 0.1) is 17.9 Å². The lowest BCUT2D eigenvalue weighted by Crippen LogP contribution is -2.53. The highest BCUT2D eigenvalue weighted by Crippen LogP contribution is 2.30. The van der Waals surface area contributed by atoms with Gasteiger partial charge in [-0.1, -0.05) is 12.1 Å². The molecule has 2 heterocycles. The highest BCUT2D eigenvalue weighted by molar-refractivity contribution is 6.47. The number of para-hydroxylation sites is 1. The number of aromatic carboxylic acids is 1. The predicted molar refractivity (Wildman–Crippen MR) is 88.4 cm³/mol. The van der Waals surface area contributed by atoms with E-state index in [1.165, 1.54) is 6.07 Å². The molecule has 27 heavy (non-hydrogen) atoms. The Kier molecular flexibility index (Phi) is 5.03. The molecule has 2 aromatic rings. The van der Waals surface area contributed by atoms with E-state index < -0.39 is 30.8 Å². The van der Waals surface area contributed by atoms with Crippen molar-refractivity contribution in [2.24, 2.45) is 5.73 Å².